The number of hydrogen-bond donors (Lipinski definition) is 1. The van der Waals surface area contributed by atoms with Crippen LogP contribution >= 0.6 is 11.3 Å². The normalized spacial score (nSPS) is 21.1. The molecule has 9 heteroatoms. The first kappa shape index (κ1) is 17.1. The van der Waals surface area contributed by atoms with E-state index in [1.807, 2.05) is 23.9 Å². The zero-order valence-corrected chi connectivity index (χ0v) is 15.0. The summed E-state index contributed by atoms with van der Waals surface area (Å²) in [4.78, 5) is 30.0. The van der Waals surface area contributed by atoms with Crippen LogP contribution in [0.25, 0.3) is 0 Å². The Morgan fingerprint density at radius 2 is 2.08 bits per heavy atom. The Kier molecular flexibility index (Phi) is 5.30. The molecule has 1 unspecified atom stereocenters. The van der Waals surface area contributed by atoms with E-state index in [-0.39, 0.29) is 17.9 Å². The van der Waals surface area contributed by atoms with Crippen molar-refractivity contribution in [1.29, 1.82) is 0 Å². The summed E-state index contributed by atoms with van der Waals surface area (Å²) in [6.45, 7) is 2.97. The number of aromatic nitrogens is 2. The van der Waals surface area contributed by atoms with Crippen LogP contribution in [0.2, 0.25) is 0 Å². The summed E-state index contributed by atoms with van der Waals surface area (Å²) < 4.78 is 0. The maximum absolute atomic E-state index is 12.4. The molecule has 8 nitrogen and oxygen atoms in total. The number of amides is 2. The van der Waals surface area contributed by atoms with Crippen molar-refractivity contribution in [3.05, 3.63) is 0 Å². The van der Waals surface area contributed by atoms with Crippen molar-refractivity contribution in [2.75, 3.05) is 50.1 Å². The van der Waals surface area contributed by atoms with E-state index in [2.05, 4.69) is 15.5 Å². The molecule has 1 aromatic rings. The van der Waals surface area contributed by atoms with Gasteiger partial charge >= 0.3 is 0 Å². The van der Waals surface area contributed by atoms with Crippen molar-refractivity contribution in [2.45, 2.75) is 31.7 Å². The van der Waals surface area contributed by atoms with Crippen LogP contribution in [0.15, 0.2) is 0 Å². The summed E-state index contributed by atoms with van der Waals surface area (Å²) in [6, 6.07) is -0.192. The molecular weight excluding hydrogens is 328 g/mol. The number of nitrogens with zero attached hydrogens (tertiary/aromatic N) is 5. The molecule has 1 N–H and O–H groups in total. The predicted molar refractivity (Wildman–Crippen MR) is 93.4 cm³/mol. The van der Waals surface area contributed by atoms with Crippen LogP contribution in [-0.2, 0) is 9.59 Å². The van der Waals surface area contributed by atoms with Gasteiger partial charge in [0.05, 0.1) is 0 Å². The van der Waals surface area contributed by atoms with Gasteiger partial charge in [-0.2, -0.15) is 0 Å². The topological polar surface area (TPSA) is 81.7 Å². The number of nitrogens with one attached hydrogen (secondary N) is 1. The first-order chi connectivity index (χ1) is 11.6. The maximum Gasteiger partial charge on any atom is 0.242 e. The molecule has 0 aliphatic carbocycles. The van der Waals surface area contributed by atoms with Gasteiger partial charge in [-0.3, -0.25) is 14.5 Å². The molecule has 132 valence electrons. The molecule has 0 saturated carbocycles. The molecule has 1 atom stereocenters. The largest absolute Gasteiger partial charge is 0.353 e. The van der Waals surface area contributed by atoms with Crippen molar-refractivity contribution in [2.24, 2.45) is 0 Å². The van der Waals surface area contributed by atoms with Gasteiger partial charge in [-0.05, 0) is 33.4 Å². The predicted octanol–water partition coefficient (Wildman–Crippen LogP) is 0.312. The molecule has 2 fully saturated rings. The van der Waals surface area contributed by atoms with Gasteiger partial charge in [-0.15, -0.1) is 10.2 Å². The number of carbonyl (C=O) groups is 2. The van der Waals surface area contributed by atoms with Crippen LogP contribution in [-0.4, -0.2) is 73.2 Å². The van der Waals surface area contributed by atoms with E-state index in [1.54, 1.807) is 4.90 Å². The summed E-state index contributed by atoms with van der Waals surface area (Å²) in [6.07, 6.45) is 3.23. The quantitative estimate of drug-likeness (QED) is 0.794. The molecule has 0 spiro atoms. The molecular formula is C15H24N6O2S. The number of likely N-dealkylation sites (N-methyl/N-ethyl adjacent to an activating group) is 1. The Morgan fingerprint density at radius 1 is 1.29 bits per heavy atom. The molecule has 2 saturated heterocycles. The van der Waals surface area contributed by atoms with Crippen LogP contribution in [0.1, 0.15) is 25.7 Å². The fraction of sp³-hybridized carbons (Fsp3) is 0.733. The van der Waals surface area contributed by atoms with Crippen LogP contribution in [0.5, 0.6) is 0 Å². The van der Waals surface area contributed by atoms with Crippen molar-refractivity contribution < 1.29 is 9.59 Å². The van der Waals surface area contributed by atoms with Gasteiger partial charge in [-0.25, -0.2) is 0 Å². The molecule has 0 radical (unpaired) electrons. The Morgan fingerprint density at radius 3 is 2.79 bits per heavy atom. The monoisotopic (exact) mass is 352 g/mol. The van der Waals surface area contributed by atoms with Crippen LogP contribution in [0, 0.1) is 0 Å². The second-order valence-electron chi connectivity index (χ2n) is 6.46. The fourth-order valence-corrected chi connectivity index (χ4v) is 4.04. The Labute approximate surface area is 145 Å². The summed E-state index contributed by atoms with van der Waals surface area (Å²) >= 11 is 1.40. The average molecular weight is 352 g/mol. The highest BCUT2D eigenvalue weighted by molar-refractivity contribution is 7.19. The molecule has 0 bridgehead atoms. The Hall–Kier alpha value is -1.74. The smallest absolute Gasteiger partial charge is 0.242 e. The van der Waals surface area contributed by atoms with Crippen molar-refractivity contribution >= 4 is 33.4 Å². The third-order valence-corrected chi connectivity index (χ3v) is 5.35. The molecule has 1 aromatic heterocycles. The SMILES string of the molecule is CN(C)CCNC(=O)C1CCCN1c1nnc(N2CCCC2=O)s1. The second-order valence-corrected chi connectivity index (χ2v) is 7.40. The third kappa shape index (κ3) is 3.67. The minimum atomic E-state index is -0.192. The van der Waals surface area contributed by atoms with Crippen molar-refractivity contribution in [1.82, 2.24) is 20.4 Å². The highest BCUT2D eigenvalue weighted by atomic mass is 32.1. The van der Waals surface area contributed by atoms with Gasteiger partial charge in [0.2, 0.25) is 22.1 Å². The van der Waals surface area contributed by atoms with Gasteiger partial charge in [0.15, 0.2) is 0 Å². The molecule has 3 rings (SSSR count). The summed E-state index contributed by atoms with van der Waals surface area (Å²) in [5.74, 6) is 0.153. The lowest BCUT2D eigenvalue weighted by Gasteiger charge is -2.23. The highest BCUT2D eigenvalue weighted by Crippen LogP contribution is 2.33. The molecule has 24 heavy (non-hydrogen) atoms. The van der Waals surface area contributed by atoms with Crippen LogP contribution < -0.4 is 15.1 Å². The number of hydrogen-bond acceptors (Lipinski definition) is 7. The summed E-state index contributed by atoms with van der Waals surface area (Å²) in [5, 5.41) is 12.8. The molecule has 3 heterocycles. The lowest BCUT2D eigenvalue weighted by atomic mass is 10.2. The fourth-order valence-electron chi connectivity index (χ4n) is 3.07. The lowest BCUT2D eigenvalue weighted by molar-refractivity contribution is -0.122. The van der Waals surface area contributed by atoms with E-state index in [9.17, 15) is 9.59 Å². The average Bonchev–Trinajstić information content (AvgIpc) is 3.25. The standard InChI is InChI=1S/C15H24N6O2S/c1-19(2)10-7-16-13(23)11-5-3-8-20(11)14-17-18-15(24-14)21-9-4-6-12(21)22/h11H,3-10H2,1-2H3,(H,16,23). The van der Waals surface area contributed by atoms with Gasteiger partial charge < -0.3 is 15.1 Å². The molecule has 2 amide bonds. The van der Waals surface area contributed by atoms with Crippen LogP contribution in [0.3, 0.4) is 0 Å². The molecule has 2 aliphatic heterocycles. The molecule has 2 aliphatic rings. The van der Waals surface area contributed by atoms with E-state index in [1.165, 1.54) is 11.3 Å². The first-order valence-corrected chi connectivity index (χ1v) is 9.21. The lowest BCUT2D eigenvalue weighted by Crippen LogP contribution is -2.45. The van der Waals surface area contributed by atoms with E-state index >= 15 is 0 Å². The van der Waals surface area contributed by atoms with Gasteiger partial charge in [0, 0.05) is 32.6 Å². The van der Waals surface area contributed by atoms with E-state index in [0.717, 1.165) is 37.5 Å². The van der Waals surface area contributed by atoms with Gasteiger partial charge in [-0.1, -0.05) is 11.3 Å². The highest BCUT2D eigenvalue weighted by Gasteiger charge is 2.34. The molecule has 0 aromatic carbocycles. The Balaban J connectivity index is 1.64. The van der Waals surface area contributed by atoms with E-state index < -0.39 is 0 Å². The summed E-state index contributed by atoms with van der Waals surface area (Å²) in [5.41, 5.74) is 0. The van der Waals surface area contributed by atoms with Crippen molar-refractivity contribution in [3.63, 3.8) is 0 Å². The first-order valence-electron chi connectivity index (χ1n) is 8.39. The van der Waals surface area contributed by atoms with Gasteiger partial charge in [0.25, 0.3) is 0 Å². The van der Waals surface area contributed by atoms with Crippen molar-refractivity contribution in [3.8, 4) is 0 Å². The minimum Gasteiger partial charge on any atom is -0.353 e. The minimum absolute atomic E-state index is 0.0448. The third-order valence-electron chi connectivity index (χ3n) is 4.37. The zero-order valence-electron chi connectivity index (χ0n) is 14.2. The number of carbonyl (C=O) groups excluding carboxylic acids is 2. The second kappa shape index (κ2) is 7.43. The van der Waals surface area contributed by atoms with Crippen LogP contribution in [0.4, 0.5) is 10.3 Å². The Bertz CT molecular complexity index is 605. The van der Waals surface area contributed by atoms with Gasteiger partial charge in [0.1, 0.15) is 6.04 Å². The maximum atomic E-state index is 12.4. The van der Waals surface area contributed by atoms with E-state index in [0.29, 0.717) is 24.6 Å². The summed E-state index contributed by atoms with van der Waals surface area (Å²) in [7, 11) is 3.97. The number of anilines is 2. The zero-order chi connectivity index (χ0) is 17.1. The number of rotatable bonds is 6. The van der Waals surface area contributed by atoms with E-state index in [4.69, 9.17) is 0 Å².